The molecule has 0 amide bonds. The SMILES string of the molecule is O=c1[nH]c(=O)n(CC2=CC=C(C#CCOc3ccccc3)CC=C2)o1. The highest BCUT2D eigenvalue weighted by Crippen LogP contribution is 2.12. The molecule has 6 heteroatoms. The van der Waals surface area contributed by atoms with Gasteiger partial charge in [-0.25, -0.2) is 14.6 Å². The lowest BCUT2D eigenvalue weighted by atomic mass is 10.2. The standard InChI is InChI=1S/C19H16N2O4/c22-18-20-19(23)25-21(18)14-16-7-4-6-15(11-12-16)8-5-13-24-17-9-2-1-3-10-17/h1-4,7,9-12H,6,13-14H2,(H,20,22,23). The predicted molar refractivity (Wildman–Crippen MR) is 93.2 cm³/mol. The first-order valence-electron chi connectivity index (χ1n) is 7.74. The van der Waals surface area contributed by atoms with E-state index in [0.717, 1.165) is 21.6 Å². The third-order valence-electron chi connectivity index (χ3n) is 3.43. The Morgan fingerprint density at radius 1 is 1.20 bits per heavy atom. The van der Waals surface area contributed by atoms with Gasteiger partial charge in [0.1, 0.15) is 12.4 Å². The number of aromatic nitrogens is 2. The van der Waals surface area contributed by atoms with Gasteiger partial charge in [0.05, 0.1) is 6.54 Å². The van der Waals surface area contributed by atoms with Gasteiger partial charge in [-0.1, -0.05) is 48.3 Å². The Balaban J connectivity index is 1.62. The first-order valence-corrected chi connectivity index (χ1v) is 7.74. The van der Waals surface area contributed by atoms with Crippen molar-refractivity contribution < 1.29 is 9.26 Å². The van der Waals surface area contributed by atoms with Crippen LogP contribution in [0.1, 0.15) is 6.42 Å². The number of allylic oxidation sites excluding steroid dienone is 6. The number of nitrogens with zero attached hydrogens (tertiary/aromatic N) is 1. The Kier molecular flexibility index (Phi) is 5.17. The summed E-state index contributed by atoms with van der Waals surface area (Å²) >= 11 is 0. The largest absolute Gasteiger partial charge is 0.481 e. The first kappa shape index (κ1) is 16.4. The summed E-state index contributed by atoms with van der Waals surface area (Å²) < 4.78 is 11.3. The zero-order valence-corrected chi connectivity index (χ0v) is 13.4. The second-order valence-electron chi connectivity index (χ2n) is 5.29. The molecule has 0 saturated heterocycles. The second-order valence-corrected chi connectivity index (χ2v) is 5.29. The maximum absolute atomic E-state index is 11.5. The Morgan fingerprint density at radius 3 is 2.80 bits per heavy atom. The van der Waals surface area contributed by atoms with Crippen LogP contribution in [0.4, 0.5) is 0 Å². The number of nitrogens with one attached hydrogen (secondary N) is 1. The van der Waals surface area contributed by atoms with Crippen LogP contribution in [0.15, 0.2) is 79.9 Å². The van der Waals surface area contributed by atoms with Crippen LogP contribution < -0.4 is 16.2 Å². The molecule has 1 aromatic heterocycles. The Labute approximate surface area is 143 Å². The van der Waals surface area contributed by atoms with Crippen molar-refractivity contribution in [3.8, 4) is 17.6 Å². The van der Waals surface area contributed by atoms with Crippen molar-refractivity contribution in [2.24, 2.45) is 0 Å². The molecule has 1 aliphatic rings. The Bertz CT molecular complexity index is 992. The normalized spacial score (nSPS) is 13.3. The highest BCUT2D eigenvalue weighted by atomic mass is 16.5. The number of aromatic amines is 1. The van der Waals surface area contributed by atoms with Crippen molar-refractivity contribution in [3.05, 3.63) is 86.8 Å². The van der Waals surface area contributed by atoms with Crippen LogP contribution in [0.25, 0.3) is 0 Å². The number of para-hydroxylation sites is 1. The molecular weight excluding hydrogens is 320 g/mol. The van der Waals surface area contributed by atoms with Crippen LogP contribution in [-0.2, 0) is 6.54 Å². The summed E-state index contributed by atoms with van der Waals surface area (Å²) in [6.45, 7) is 0.494. The molecule has 0 spiro atoms. The van der Waals surface area contributed by atoms with Crippen molar-refractivity contribution in [2.75, 3.05) is 6.61 Å². The van der Waals surface area contributed by atoms with Crippen LogP contribution in [-0.4, -0.2) is 16.3 Å². The fraction of sp³-hybridized carbons (Fsp3) is 0.158. The summed E-state index contributed by atoms with van der Waals surface area (Å²) in [4.78, 5) is 24.5. The van der Waals surface area contributed by atoms with E-state index in [1.54, 1.807) is 0 Å². The maximum atomic E-state index is 11.5. The Morgan fingerprint density at radius 2 is 2.04 bits per heavy atom. The van der Waals surface area contributed by atoms with Crippen molar-refractivity contribution >= 4 is 0 Å². The minimum Gasteiger partial charge on any atom is -0.481 e. The van der Waals surface area contributed by atoms with Crippen molar-refractivity contribution in [1.29, 1.82) is 0 Å². The summed E-state index contributed by atoms with van der Waals surface area (Å²) in [5.41, 5.74) is 1.21. The summed E-state index contributed by atoms with van der Waals surface area (Å²) in [7, 11) is 0. The minimum absolute atomic E-state index is 0.183. The minimum atomic E-state index is -0.760. The van der Waals surface area contributed by atoms with Crippen LogP contribution in [0, 0.1) is 11.8 Å². The molecule has 126 valence electrons. The molecule has 0 saturated carbocycles. The van der Waals surface area contributed by atoms with Crippen LogP contribution in [0.3, 0.4) is 0 Å². The molecule has 1 heterocycles. The van der Waals surface area contributed by atoms with Crippen molar-refractivity contribution in [2.45, 2.75) is 13.0 Å². The second kappa shape index (κ2) is 7.88. The van der Waals surface area contributed by atoms with E-state index in [1.807, 2.05) is 54.6 Å². The molecule has 25 heavy (non-hydrogen) atoms. The molecule has 0 aliphatic heterocycles. The fourth-order valence-electron chi connectivity index (χ4n) is 2.24. The van der Waals surface area contributed by atoms with Crippen LogP contribution >= 0.6 is 0 Å². The van der Waals surface area contributed by atoms with Gasteiger partial charge in [-0.2, -0.15) is 0 Å². The van der Waals surface area contributed by atoms with E-state index < -0.39 is 11.4 Å². The molecule has 0 fully saturated rings. The summed E-state index contributed by atoms with van der Waals surface area (Å²) in [6.07, 6.45) is 8.26. The van der Waals surface area contributed by atoms with E-state index in [2.05, 4.69) is 16.8 Å². The van der Waals surface area contributed by atoms with Crippen LogP contribution in [0.2, 0.25) is 0 Å². The average molecular weight is 336 g/mol. The number of ether oxygens (including phenoxy) is 1. The molecule has 0 radical (unpaired) electrons. The zero-order valence-electron chi connectivity index (χ0n) is 13.4. The lowest BCUT2D eigenvalue weighted by Gasteiger charge is -1.99. The molecule has 1 N–H and O–H groups in total. The Hall–Kier alpha value is -3.46. The molecule has 1 aliphatic carbocycles. The van der Waals surface area contributed by atoms with Crippen LogP contribution in [0.5, 0.6) is 5.75 Å². The van der Waals surface area contributed by atoms with E-state index in [4.69, 9.17) is 9.26 Å². The van der Waals surface area contributed by atoms with Gasteiger partial charge in [0.15, 0.2) is 0 Å². The van der Waals surface area contributed by atoms with E-state index in [1.165, 1.54) is 0 Å². The summed E-state index contributed by atoms with van der Waals surface area (Å²) in [6, 6.07) is 9.51. The summed E-state index contributed by atoms with van der Waals surface area (Å²) in [5, 5.41) is 0. The lowest BCUT2D eigenvalue weighted by Crippen LogP contribution is -2.17. The van der Waals surface area contributed by atoms with E-state index in [0.29, 0.717) is 13.0 Å². The van der Waals surface area contributed by atoms with Gasteiger partial charge in [0.2, 0.25) is 0 Å². The molecule has 2 aromatic rings. The fourth-order valence-corrected chi connectivity index (χ4v) is 2.24. The zero-order chi connectivity index (χ0) is 17.5. The molecule has 0 atom stereocenters. The number of hydrogen-bond acceptors (Lipinski definition) is 4. The third-order valence-corrected chi connectivity index (χ3v) is 3.43. The van der Waals surface area contributed by atoms with Gasteiger partial charge in [0.25, 0.3) is 0 Å². The van der Waals surface area contributed by atoms with E-state index >= 15 is 0 Å². The number of benzene rings is 1. The molecular formula is C19H16N2O4. The topological polar surface area (TPSA) is 77.2 Å². The lowest BCUT2D eigenvalue weighted by molar-refractivity contribution is 0.258. The van der Waals surface area contributed by atoms with Gasteiger partial charge >= 0.3 is 11.4 Å². The number of H-pyrrole nitrogens is 1. The van der Waals surface area contributed by atoms with Gasteiger partial charge < -0.3 is 9.26 Å². The molecule has 0 bridgehead atoms. The highest BCUT2D eigenvalue weighted by molar-refractivity contribution is 5.39. The number of hydrogen-bond donors (Lipinski definition) is 1. The molecule has 3 rings (SSSR count). The molecule has 0 unspecified atom stereocenters. The highest BCUT2D eigenvalue weighted by Gasteiger charge is 2.05. The smallest absolute Gasteiger partial charge is 0.440 e. The number of rotatable bonds is 4. The third kappa shape index (κ3) is 4.75. The molecule has 6 nitrogen and oxygen atoms in total. The van der Waals surface area contributed by atoms with E-state index in [9.17, 15) is 9.59 Å². The van der Waals surface area contributed by atoms with Gasteiger partial charge in [-0.15, -0.1) is 4.74 Å². The maximum Gasteiger partial charge on any atom is 0.440 e. The average Bonchev–Trinajstić information content (AvgIpc) is 2.80. The summed E-state index contributed by atoms with van der Waals surface area (Å²) in [5.74, 6) is 6.08. The van der Waals surface area contributed by atoms with Crippen molar-refractivity contribution in [1.82, 2.24) is 9.72 Å². The molecule has 1 aromatic carbocycles. The quantitative estimate of drug-likeness (QED) is 0.867. The van der Waals surface area contributed by atoms with E-state index in [-0.39, 0.29) is 6.54 Å². The van der Waals surface area contributed by atoms with Crippen molar-refractivity contribution in [3.63, 3.8) is 0 Å². The van der Waals surface area contributed by atoms with Gasteiger partial charge in [-0.3, -0.25) is 0 Å². The monoisotopic (exact) mass is 336 g/mol. The van der Waals surface area contributed by atoms with Gasteiger partial charge in [0, 0.05) is 5.57 Å². The van der Waals surface area contributed by atoms with Gasteiger partial charge in [-0.05, 0) is 30.2 Å². The predicted octanol–water partition coefficient (Wildman–Crippen LogP) is 2.02. The first-order chi connectivity index (χ1) is 12.2.